The molecule has 88 valence electrons. The maximum atomic E-state index is 13.0. The molecular weight excluding hydrogens is 265 g/mol. The first-order chi connectivity index (χ1) is 7.93. The van der Waals surface area contributed by atoms with Crippen LogP contribution in [0, 0.1) is 23.1 Å². The Kier molecular flexibility index (Phi) is 4.37. The van der Waals surface area contributed by atoms with Crippen molar-refractivity contribution in [3.05, 3.63) is 29.0 Å². The monoisotopic (exact) mass is 271 g/mol. The highest BCUT2D eigenvalue weighted by Gasteiger charge is 2.20. The number of hydrogen-bond donors (Lipinski definition) is 2. The van der Waals surface area contributed by atoms with Gasteiger partial charge in [0.25, 0.3) is 0 Å². The Bertz CT molecular complexity index is 495. The molecule has 0 aliphatic heterocycles. The molecule has 0 spiro atoms. The van der Waals surface area contributed by atoms with Gasteiger partial charge in [-0.05, 0) is 18.2 Å². The first kappa shape index (κ1) is 13.4. The van der Waals surface area contributed by atoms with Crippen LogP contribution >= 0.6 is 23.8 Å². The molecule has 0 fully saturated rings. The molecule has 0 aromatic heterocycles. The highest BCUT2D eigenvalue weighted by molar-refractivity contribution is 7.80. The quantitative estimate of drug-likeness (QED) is 0.822. The average Bonchev–Trinajstić information content (AvgIpc) is 2.15. The lowest BCUT2D eigenvalue weighted by Gasteiger charge is -2.10. The van der Waals surface area contributed by atoms with Crippen LogP contribution in [0.3, 0.4) is 0 Å². The smallest absolute Gasteiger partial charge is 0.241 e. The van der Waals surface area contributed by atoms with Gasteiger partial charge in [-0.1, -0.05) is 23.8 Å². The molecule has 0 saturated heterocycles. The highest BCUT2D eigenvalue weighted by atomic mass is 35.5. The van der Waals surface area contributed by atoms with Gasteiger partial charge in [-0.25, -0.2) is 4.39 Å². The zero-order valence-electron chi connectivity index (χ0n) is 8.41. The number of carbonyl (C=O) groups excluding carboxylic acids is 1. The second-order valence-corrected chi connectivity index (χ2v) is 3.99. The summed E-state index contributed by atoms with van der Waals surface area (Å²) in [4.78, 5) is 10.8. The number of nitrogens with two attached hydrogens (primary N) is 1. The Morgan fingerprint density at radius 1 is 1.59 bits per heavy atom. The molecule has 1 unspecified atom stereocenters. The van der Waals surface area contributed by atoms with Gasteiger partial charge in [-0.15, -0.1) is 0 Å². The standard InChI is InChI=1S/C10H7ClFN3OS/c11-5-1-6(12)3-7(2-5)15-10(17)8(4-13)9(14)16/h1-3,8H,(H2,14,16)(H,15,17). The van der Waals surface area contributed by atoms with Crippen LogP contribution in [0.25, 0.3) is 0 Å². The molecule has 0 bridgehead atoms. The third kappa shape index (κ3) is 3.66. The Balaban J connectivity index is 2.88. The van der Waals surface area contributed by atoms with Gasteiger partial charge in [0, 0.05) is 10.7 Å². The van der Waals surface area contributed by atoms with Crippen LogP contribution in [-0.4, -0.2) is 10.9 Å². The minimum atomic E-state index is -1.26. The minimum absolute atomic E-state index is 0.0957. The van der Waals surface area contributed by atoms with Gasteiger partial charge in [-0.2, -0.15) is 5.26 Å². The number of primary amides is 1. The summed E-state index contributed by atoms with van der Waals surface area (Å²) in [5.74, 6) is -2.69. The summed E-state index contributed by atoms with van der Waals surface area (Å²) in [6, 6.07) is 5.30. The normalized spacial score (nSPS) is 11.4. The number of benzene rings is 1. The summed E-state index contributed by atoms with van der Waals surface area (Å²) in [6.45, 7) is 0. The van der Waals surface area contributed by atoms with Gasteiger partial charge >= 0.3 is 0 Å². The van der Waals surface area contributed by atoms with Gasteiger partial charge < -0.3 is 11.1 Å². The van der Waals surface area contributed by atoms with E-state index in [4.69, 9.17) is 34.8 Å². The fourth-order valence-electron chi connectivity index (χ4n) is 1.09. The number of nitriles is 1. The first-order valence-corrected chi connectivity index (χ1v) is 5.18. The van der Waals surface area contributed by atoms with Crippen molar-refractivity contribution >= 4 is 40.4 Å². The van der Waals surface area contributed by atoms with Crippen LogP contribution in [0.15, 0.2) is 18.2 Å². The summed E-state index contributed by atoms with van der Waals surface area (Å²) >= 11 is 10.4. The zero-order chi connectivity index (χ0) is 13.0. The Hall–Kier alpha value is -1.71. The van der Waals surface area contributed by atoms with E-state index in [9.17, 15) is 9.18 Å². The van der Waals surface area contributed by atoms with Crippen LogP contribution in [-0.2, 0) is 4.79 Å². The number of rotatable bonds is 3. The number of nitrogens with one attached hydrogen (secondary N) is 1. The van der Waals surface area contributed by atoms with Gasteiger partial charge in [0.2, 0.25) is 5.91 Å². The second kappa shape index (κ2) is 5.57. The summed E-state index contributed by atoms with van der Waals surface area (Å²) in [7, 11) is 0. The lowest BCUT2D eigenvalue weighted by molar-refractivity contribution is -0.118. The summed E-state index contributed by atoms with van der Waals surface area (Å²) in [6.07, 6.45) is 0. The Morgan fingerprint density at radius 2 is 2.24 bits per heavy atom. The molecule has 3 N–H and O–H groups in total. The average molecular weight is 272 g/mol. The van der Waals surface area contributed by atoms with Gasteiger partial charge in [0.1, 0.15) is 10.8 Å². The number of anilines is 1. The molecule has 0 aliphatic carbocycles. The van der Waals surface area contributed by atoms with E-state index in [-0.39, 0.29) is 15.7 Å². The largest absolute Gasteiger partial charge is 0.368 e. The third-order valence-electron chi connectivity index (χ3n) is 1.81. The van der Waals surface area contributed by atoms with E-state index in [2.05, 4.69) is 5.32 Å². The molecule has 1 amide bonds. The van der Waals surface area contributed by atoms with Crippen molar-refractivity contribution < 1.29 is 9.18 Å². The van der Waals surface area contributed by atoms with Crippen molar-refractivity contribution in [3.63, 3.8) is 0 Å². The summed E-state index contributed by atoms with van der Waals surface area (Å²) < 4.78 is 13.0. The van der Waals surface area contributed by atoms with Gasteiger partial charge in [0.05, 0.1) is 6.07 Å². The summed E-state index contributed by atoms with van der Waals surface area (Å²) in [5, 5.41) is 11.4. The zero-order valence-corrected chi connectivity index (χ0v) is 9.98. The molecule has 0 radical (unpaired) electrons. The van der Waals surface area contributed by atoms with E-state index >= 15 is 0 Å². The molecule has 1 rings (SSSR count). The first-order valence-electron chi connectivity index (χ1n) is 4.40. The third-order valence-corrected chi connectivity index (χ3v) is 2.36. The van der Waals surface area contributed by atoms with Gasteiger partial charge in [-0.3, -0.25) is 4.79 Å². The van der Waals surface area contributed by atoms with Crippen LogP contribution in [0.1, 0.15) is 0 Å². The maximum absolute atomic E-state index is 13.0. The van der Waals surface area contributed by atoms with Crippen molar-refractivity contribution in [3.8, 4) is 6.07 Å². The number of amides is 1. The second-order valence-electron chi connectivity index (χ2n) is 3.11. The van der Waals surface area contributed by atoms with Crippen molar-refractivity contribution in [1.82, 2.24) is 0 Å². The van der Waals surface area contributed by atoms with Crippen LogP contribution in [0.5, 0.6) is 0 Å². The van der Waals surface area contributed by atoms with Crippen LogP contribution in [0.2, 0.25) is 5.02 Å². The van der Waals surface area contributed by atoms with Crippen molar-refractivity contribution in [1.29, 1.82) is 5.26 Å². The number of halogens is 2. The van der Waals surface area contributed by atoms with Crippen molar-refractivity contribution in [2.24, 2.45) is 11.7 Å². The highest BCUT2D eigenvalue weighted by Crippen LogP contribution is 2.18. The van der Waals surface area contributed by atoms with Crippen molar-refractivity contribution in [2.45, 2.75) is 0 Å². The van der Waals surface area contributed by atoms with Crippen molar-refractivity contribution in [2.75, 3.05) is 5.32 Å². The van der Waals surface area contributed by atoms with Crippen LogP contribution < -0.4 is 11.1 Å². The van der Waals surface area contributed by atoms with Gasteiger partial charge in [0.15, 0.2) is 5.92 Å². The molecule has 1 atom stereocenters. The molecule has 0 aliphatic rings. The molecule has 0 heterocycles. The predicted octanol–water partition coefficient (Wildman–Crippen LogP) is 1.84. The topological polar surface area (TPSA) is 78.9 Å². The van der Waals surface area contributed by atoms with Crippen LogP contribution in [0.4, 0.5) is 10.1 Å². The van der Waals surface area contributed by atoms with E-state index in [0.29, 0.717) is 0 Å². The fraction of sp³-hybridized carbons (Fsp3) is 0.100. The number of hydrogen-bond acceptors (Lipinski definition) is 3. The molecule has 4 nitrogen and oxygen atoms in total. The van der Waals surface area contributed by atoms with E-state index in [1.165, 1.54) is 6.07 Å². The van der Waals surface area contributed by atoms with E-state index in [0.717, 1.165) is 12.1 Å². The Labute approximate surface area is 107 Å². The Morgan fingerprint density at radius 3 is 2.71 bits per heavy atom. The van der Waals surface area contributed by atoms with E-state index in [1.54, 1.807) is 6.07 Å². The number of carbonyl (C=O) groups is 1. The molecule has 0 saturated carbocycles. The lowest BCUT2D eigenvalue weighted by atomic mass is 10.1. The minimum Gasteiger partial charge on any atom is -0.368 e. The molecule has 1 aromatic carbocycles. The maximum Gasteiger partial charge on any atom is 0.241 e. The molecule has 17 heavy (non-hydrogen) atoms. The number of nitrogens with zero attached hydrogens (tertiary/aromatic N) is 1. The fourth-order valence-corrected chi connectivity index (χ4v) is 1.60. The lowest BCUT2D eigenvalue weighted by Crippen LogP contribution is -2.32. The number of thiocarbonyl (C=S) groups is 1. The summed E-state index contributed by atoms with van der Waals surface area (Å²) in [5.41, 5.74) is 5.22. The molecule has 1 aromatic rings. The van der Waals surface area contributed by atoms with E-state index in [1.807, 2.05) is 0 Å². The molecule has 7 heteroatoms. The van der Waals surface area contributed by atoms with E-state index < -0.39 is 17.6 Å². The predicted molar refractivity (Wildman–Crippen MR) is 65.9 cm³/mol. The SMILES string of the molecule is N#CC(C(N)=O)C(=S)Nc1cc(F)cc(Cl)c1. The molecular formula is C10H7ClFN3OS.